The summed E-state index contributed by atoms with van der Waals surface area (Å²) in [5.74, 6) is 0. The Morgan fingerprint density at radius 1 is 0.467 bits per heavy atom. The topological polar surface area (TPSA) is 40.5 Å². The molecule has 0 aliphatic heterocycles. The third-order valence-electron chi connectivity index (χ3n) is 5.91. The van der Waals surface area contributed by atoms with Gasteiger partial charge in [-0.1, -0.05) is 108 Å². The second-order valence-corrected chi connectivity index (χ2v) is 8.29. The van der Waals surface area contributed by atoms with Gasteiger partial charge in [0.1, 0.15) is 11.2 Å². The quantitative estimate of drug-likeness (QED) is 0.415. The molecule has 0 aromatic heterocycles. The van der Waals surface area contributed by atoms with E-state index in [-0.39, 0.29) is 0 Å². The summed E-state index contributed by atoms with van der Waals surface area (Å²) in [4.78, 5) is 0. The van der Waals surface area contributed by atoms with Crippen LogP contribution in [0.3, 0.4) is 0 Å². The zero-order valence-electron chi connectivity index (χ0n) is 15.9. The summed E-state index contributed by atoms with van der Waals surface area (Å²) in [6.45, 7) is 0. The fourth-order valence-electron chi connectivity index (χ4n) is 4.61. The molecular formula is C26H18Cl2O2. The highest BCUT2D eigenvalue weighted by molar-refractivity contribution is 6.32. The van der Waals surface area contributed by atoms with E-state index in [4.69, 9.17) is 23.2 Å². The van der Waals surface area contributed by atoms with Crippen molar-refractivity contribution in [1.82, 2.24) is 0 Å². The number of rotatable bonds is 2. The molecule has 0 heterocycles. The van der Waals surface area contributed by atoms with Gasteiger partial charge in [0.25, 0.3) is 0 Å². The second kappa shape index (κ2) is 6.97. The van der Waals surface area contributed by atoms with Gasteiger partial charge in [0.15, 0.2) is 0 Å². The van der Waals surface area contributed by atoms with Crippen molar-refractivity contribution in [2.24, 2.45) is 0 Å². The van der Waals surface area contributed by atoms with E-state index in [2.05, 4.69) is 0 Å². The predicted octanol–water partition coefficient (Wildman–Crippen LogP) is 5.88. The van der Waals surface area contributed by atoms with E-state index in [0.717, 1.165) is 0 Å². The second-order valence-electron chi connectivity index (χ2n) is 7.48. The number of aliphatic hydroxyl groups is 2. The summed E-state index contributed by atoms with van der Waals surface area (Å²) in [5, 5.41) is 25.3. The molecule has 2 nitrogen and oxygen atoms in total. The van der Waals surface area contributed by atoms with E-state index in [9.17, 15) is 10.2 Å². The molecule has 5 rings (SSSR count). The molecule has 30 heavy (non-hydrogen) atoms. The molecule has 2 atom stereocenters. The molecule has 0 saturated heterocycles. The van der Waals surface area contributed by atoms with Gasteiger partial charge in [0, 0.05) is 32.3 Å². The van der Waals surface area contributed by atoms with Crippen LogP contribution in [0.25, 0.3) is 0 Å². The monoisotopic (exact) mass is 432 g/mol. The van der Waals surface area contributed by atoms with Crippen LogP contribution in [-0.4, -0.2) is 10.2 Å². The molecule has 0 radical (unpaired) electrons. The first-order valence-electron chi connectivity index (χ1n) is 9.63. The van der Waals surface area contributed by atoms with Crippen LogP contribution in [0, 0.1) is 0 Å². The molecule has 4 aromatic rings. The SMILES string of the molecule is O[C@]1(c2ccccc2)c2cccc(Cl)c2[C@@](O)(c2ccccc2)c2cccc(Cl)c21. The first-order valence-corrected chi connectivity index (χ1v) is 10.4. The van der Waals surface area contributed by atoms with Gasteiger partial charge in [-0.3, -0.25) is 0 Å². The molecule has 0 bridgehead atoms. The number of hydrogen-bond acceptors (Lipinski definition) is 2. The van der Waals surface area contributed by atoms with Crippen LogP contribution < -0.4 is 0 Å². The summed E-state index contributed by atoms with van der Waals surface area (Å²) < 4.78 is 0. The molecule has 148 valence electrons. The molecule has 2 N–H and O–H groups in total. The normalized spacial score (nSPS) is 22.3. The third-order valence-corrected chi connectivity index (χ3v) is 6.54. The van der Waals surface area contributed by atoms with E-state index < -0.39 is 11.2 Å². The lowest BCUT2D eigenvalue weighted by atomic mass is 9.63. The molecule has 0 saturated carbocycles. The van der Waals surface area contributed by atoms with Gasteiger partial charge in [0.05, 0.1) is 0 Å². The highest BCUT2D eigenvalue weighted by atomic mass is 35.5. The molecular weight excluding hydrogens is 415 g/mol. The zero-order valence-corrected chi connectivity index (χ0v) is 17.4. The number of halogens is 2. The van der Waals surface area contributed by atoms with Crippen molar-refractivity contribution >= 4 is 23.2 Å². The molecule has 0 fully saturated rings. The van der Waals surface area contributed by atoms with Crippen molar-refractivity contribution in [1.29, 1.82) is 0 Å². The van der Waals surface area contributed by atoms with Crippen LogP contribution in [0.1, 0.15) is 33.4 Å². The summed E-state index contributed by atoms with van der Waals surface area (Å²) in [6.07, 6.45) is 0. The Bertz CT molecular complexity index is 1140. The highest BCUT2D eigenvalue weighted by Crippen LogP contribution is 2.56. The van der Waals surface area contributed by atoms with Crippen molar-refractivity contribution in [2.75, 3.05) is 0 Å². The van der Waals surface area contributed by atoms with Crippen LogP contribution >= 0.6 is 23.2 Å². The van der Waals surface area contributed by atoms with Crippen molar-refractivity contribution < 1.29 is 10.2 Å². The number of benzene rings is 4. The fourth-order valence-corrected chi connectivity index (χ4v) is 5.24. The minimum absolute atomic E-state index is 0.374. The lowest BCUT2D eigenvalue weighted by Crippen LogP contribution is -2.44. The first kappa shape index (κ1) is 19.3. The molecule has 1 aliphatic rings. The average molecular weight is 433 g/mol. The Balaban J connectivity index is 1.98. The van der Waals surface area contributed by atoms with Gasteiger partial charge in [-0.15, -0.1) is 0 Å². The van der Waals surface area contributed by atoms with Crippen LogP contribution in [0.2, 0.25) is 10.0 Å². The van der Waals surface area contributed by atoms with E-state index in [1.807, 2.05) is 60.7 Å². The molecule has 4 heteroatoms. The minimum Gasteiger partial charge on any atom is -0.376 e. The summed E-state index contributed by atoms with van der Waals surface area (Å²) >= 11 is 13.4. The van der Waals surface area contributed by atoms with Crippen molar-refractivity contribution in [3.63, 3.8) is 0 Å². The Morgan fingerprint density at radius 2 is 0.833 bits per heavy atom. The molecule has 1 aliphatic carbocycles. The van der Waals surface area contributed by atoms with Gasteiger partial charge in [-0.25, -0.2) is 0 Å². The van der Waals surface area contributed by atoms with Crippen molar-refractivity contribution in [2.45, 2.75) is 11.2 Å². The van der Waals surface area contributed by atoms with Crippen molar-refractivity contribution in [3.8, 4) is 0 Å². The summed E-state index contributed by atoms with van der Waals surface area (Å²) in [5.41, 5.74) is 0.0852. The van der Waals surface area contributed by atoms with Crippen molar-refractivity contribution in [3.05, 3.63) is 140 Å². The number of hydrogen-bond donors (Lipinski definition) is 2. The lowest BCUT2D eigenvalue weighted by molar-refractivity contribution is 0.0749. The van der Waals surface area contributed by atoms with Crippen LogP contribution in [0.15, 0.2) is 97.1 Å². The van der Waals surface area contributed by atoms with Gasteiger partial charge in [-0.2, -0.15) is 0 Å². The smallest absolute Gasteiger partial charge is 0.142 e. The Labute approximate surface area is 185 Å². The lowest BCUT2D eigenvalue weighted by Gasteiger charge is -2.45. The van der Waals surface area contributed by atoms with E-state index in [1.165, 1.54) is 0 Å². The Morgan fingerprint density at radius 3 is 1.20 bits per heavy atom. The molecule has 0 unspecified atom stereocenters. The predicted molar refractivity (Wildman–Crippen MR) is 120 cm³/mol. The van der Waals surface area contributed by atoms with E-state index >= 15 is 0 Å². The fraction of sp³-hybridized carbons (Fsp3) is 0.0769. The van der Waals surface area contributed by atoms with Crippen LogP contribution in [0.5, 0.6) is 0 Å². The highest BCUT2D eigenvalue weighted by Gasteiger charge is 2.52. The van der Waals surface area contributed by atoms with Gasteiger partial charge < -0.3 is 10.2 Å². The largest absolute Gasteiger partial charge is 0.376 e. The van der Waals surface area contributed by atoms with Gasteiger partial charge in [0.2, 0.25) is 0 Å². The molecule has 0 amide bonds. The number of fused-ring (bicyclic) bond motifs is 2. The Hall–Kier alpha value is -2.62. The molecule has 4 aromatic carbocycles. The van der Waals surface area contributed by atoms with E-state index in [0.29, 0.717) is 43.4 Å². The van der Waals surface area contributed by atoms with Crippen LogP contribution in [-0.2, 0) is 11.2 Å². The average Bonchev–Trinajstić information content (AvgIpc) is 2.78. The Kier molecular flexibility index (Phi) is 4.49. The molecule has 0 spiro atoms. The third kappa shape index (κ3) is 2.52. The van der Waals surface area contributed by atoms with E-state index in [1.54, 1.807) is 36.4 Å². The summed E-state index contributed by atoms with van der Waals surface area (Å²) in [6, 6.07) is 29.3. The maximum Gasteiger partial charge on any atom is 0.142 e. The standard InChI is InChI=1S/C26H18Cl2O2/c27-21-15-8-14-20-23(21)25(29,17-9-3-1-4-10-17)19-13-7-16-22(28)24(19)26(20,30)18-11-5-2-6-12-18/h1-16,29-30H/t25-,26-/m1/s1. The first-order chi connectivity index (χ1) is 14.5. The van der Waals surface area contributed by atoms with Gasteiger partial charge >= 0.3 is 0 Å². The zero-order chi connectivity index (χ0) is 20.9. The maximum atomic E-state index is 12.3. The minimum atomic E-state index is -1.57. The van der Waals surface area contributed by atoms with Crippen LogP contribution in [0.4, 0.5) is 0 Å². The summed E-state index contributed by atoms with van der Waals surface area (Å²) in [7, 11) is 0. The van der Waals surface area contributed by atoms with Gasteiger partial charge in [-0.05, 0) is 23.3 Å². The maximum absolute atomic E-state index is 12.3.